The van der Waals surface area contributed by atoms with Crippen molar-refractivity contribution in [3.05, 3.63) is 0 Å². The second-order valence-corrected chi connectivity index (χ2v) is 7.27. The van der Waals surface area contributed by atoms with Crippen molar-refractivity contribution in [2.45, 2.75) is 44.0 Å². The van der Waals surface area contributed by atoms with Gasteiger partial charge in [-0.25, -0.2) is 4.79 Å². The molecule has 0 spiro atoms. The van der Waals surface area contributed by atoms with Gasteiger partial charge in [0.1, 0.15) is 12.1 Å². The van der Waals surface area contributed by atoms with Gasteiger partial charge in [-0.2, -0.15) is 23.5 Å². The molecule has 10 heteroatoms. The normalized spacial score (nSPS) is 15.9. The number of carbonyl (C=O) groups excluding carboxylic acids is 2. The highest BCUT2D eigenvalue weighted by Crippen LogP contribution is 2.04. The number of nitrogens with two attached hydrogens (primary N) is 1. The van der Waals surface area contributed by atoms with Crippen LogP contribution in [0.2, 0.25) is 0 Å². The monoisotopic (exact) mass is 381 g/mol. The summed E-state index contributed by atoms with van der Waals surface area (Å²) >= 11 is 3.00. The second kappa shape index (κ2) is 12.4. The number of aliphatic hydroxyl groups is 1. The first-order valence-electron chi connectivity index (χ1n) is 7.49. The summed E-state index contributed by atoms with van der Waals surface area (Å²) in [5.74, 6) is -1.21. The first kappa shape index (κ1) is 23.0. The van der Waals surface area contributed by atoms with Crippen molar-refractivity contribution >= 4 is 41.3 Å². The molecule has 0 aromatic heterocycles. The number of aliphatic carboxylic acids is 1. The van der Waals surface area contributed by atoms with E-state index >= 15 is 0 Å². The van der Waals surface area contributed by atoms with Crippen LogP contribution in [0.5, 0.6) is 0 Å². The van der Waals surface area contributed by atoms with E-state index in [1.807, 2.05) is 12.5 Å². The van der Waals surface area contributed by atoms with E-state index in [1.54, 1.807) is 11.8 Å². The number of nitrogens with one attached hydrogen (secondary N) is 2. The van der Waals surface area contributed by atoms with Gasteiger partial charge in [-0.1, -0.05) is 0 Å². The summed E-state index contributed by atoms with van der Waals surface area (Å²) in [5.41, 5.74) is 5.73. The number of hydrogen-bond donors (Lipinski definition) is 5. The van der Waals surface area contributed by atoms with E-state index < -0.39 is 42.0 Å². The third kappa shape index (κ3) is 8.76. The van der Waals surface area contributed by atoms with Gasteiger partial charge in [-0.3, -0.25) is 9.59 Å². The minimum atomic E-state index is -1.26. The summed E-state index contributed by atoms with van der Waals surface area (Å²) in [5, 5.41) is 23.6. The Labute approximate surface area is 150 Å². The van der Waals surface area contributed by atoms with E-state index in [0.29, 0.717) is 17.9 Å². The number of carboxylic acids is 1. The molecule has 0 heterocycles. The van der Waals surface area contributed by atoms with Crippen molar-refractivity contribution in [2.75, 3.05) is 24.0 Å². The number of aliphatic hydroxyl groups excluding tert-OH is 1. The number of thioether (sulfide) groups is 2. The SMILES string of the molecule is CSCCC(N)C(=O)NC(C(=O)NC(CCSC)C(=O)O)C(C)O. The number of carbonyl (C=O) groups is 3. The quantitative estimate of drug-likeness (QED) is 0.297. The molecule has 0 rings (SSSR count). The highest BCUT2D eigenvalue weighted by Gasteiger charge is 2.30. The molecular formula is C14H27N3O5S2. The standard InChI is InChI=1S/C14H27N3O5S2/c1-8(18)11(17-12(19)9(15)4-6-23-2)13(20)16-10(14(21)22)5-7-24-3/h8-11,18H,4-7,15H2,1-3H3,(H,16,20)(H,17,19)(H,21,22). The molecule has 0 aliphatic heterocycles. The molecule has 0 aliphatic carbocycles. The molecule has 0 saturated carbocycles. The van der Waals surface area contributed by atoms with Crippen LogP contribution >= 0.6 is 23.5 Å². The van der Waals surface area contributed by atoms with Crippen LogP contribution in [0.3, 0.4) is 0 Å². The van der Waals surface area contributed by atoms with E-state index in [-0.39, 0.29) is 6.42 Å². The molecule has 0 aromatic carbocycles. The summed E-state index contributed by atoms with van der Waals surface area (Å²) in [6.07, 6.45) is 3.21. The van der Waals surface area contributed by atoms with Crippen molar-refractivity contribution in [1.29, 1.82) is 0 Å². The van der Waals surface area contributed by atoms with Crippen LogP contribution < -0.4 is 16.4 Å². The van der Waals surface area contributed by atoms with Crippen molar-refractivity contribution < 1.29 is 24.6 Å². The number of hydrogen-bond acceptors (Lipinski definition) is 7. The first-order valence-corrected chi connectivity index (χ1v) is 10.3. The van der Waals surface area contributed by atoms with Gasteiger partial charge in [0.25, 0.3) is 0 Å². The van der Waals surface area contributed by atoms with Crippen molar-refractivity contribution in [1.82, 2.24) is 10.6 Å². The van der Waals surface area contributed by atoms with E-state index in [2.05, 4.69) is 10.6 Å². The Kier molecular flexibility index (Phi) is 11.9. The smallest absolute Gasteiger partial charge is 0.326 e. The molecule has 0 aliphatic rings. The third-order valence-corrected chi connectivity index (χ3v) is 4.55. The summed E-state index contributed by atoms with van der Waals surface area (Å²) in [6, 6.07) is -3.12. The zero-order valence-corrected chi connectivity index (χ0v) is 15.8. The Bertz CT molecular complexity index is 423. The molecule has 0 aromatic rings. The van der Waals surface area contributed by atoms with Crippen LogP contribution in [0.1, 0.15) is 19.8 Å². The molecule has 0 bridgehead atoms. The molecule has 0 fully saturated rings. The van der Waals surface area contributed by atoms with Crippen LogP contribution in [-0.4, -0.2) is 76.2 Å². The summed E-state index contributed by atoms with van der Waals surface area (Å²) in [6.45, 7) is 1.34. The number of rotatable bonds is 12. The minimum Gasteiger partial charge on any atom is -0.480 e. The molecule has 4 atom stereocenters. The molecule has 24 heavy (non-hydrogen) atoms. The molecule has 140 valence electrons. The lowest BCUT2D eigenvalue weighted by atomic mass is 10.1. The number of amides is 2. The van der Waals surface area contributed by atoms with Crippen LogP contribution in [0.25, 0.3) is 0 Å². The van der Waals surface area contributed by atoms with Gasteiger partial charge >= 0.3 is 5.97 Å². The van der Waals surface area contributed by atoms with Gasteiger partial charge in [0.15, 0.2) is 0 Å². The maximum atomic E-state index is 12.2. The Morgan fingerprint density at radius 1 is 1.04 bits per heavy atom. The first-order chi connectivity index (χ1) is 11.2. The maximum Gasteiger partial charge on any atom is 0.326 e. The van der Waals surface area contributed by atoms with Crippen molar-refractivity contribution in [3.8, 4) is 0 Å². The fraction of sp³-hybridized carbons (Fsp3) is 0.786. The summed E-state index contributed by atoms with van der Waals surface area (Å²) < 4.78 is 0. The Hall–Kier alpha value is -0.970. The zero-order chi connectivity index (χ0) is 18.7. The van der Waals surface area contributed by atoms with Crippen LogP contribution in [-0.2, 0) is 14.4 Å². The van der Waals surface area contributed by atoms with E-state index in [1.165, 1.54) is 18.7 Å². The van der Waals surface area contributed by atoms with E-state index in [0.717, 1.165) is 0 Å². The predicted octanol–water partition coefficient (Wildman–Crippen LogP) is -0.745. The van der Waals surface area contributed by atoms with Gasteiger partial charge in [-0.05, 0) is 43.8 Å². The molecular weight excluding hydrogens is 354 g/mol. The van der Waals surface area contributed by atoms with Crippen LogP contribution in [0.15, 0.2) is 0 Å². The van der Waals surface area contributed by atoms with Crippen molar-refractivity contribution in [3.63, 3.8) is 0 Å². The van der Waals surface area contributed by atoms with Gasteiger partial charge in [0.05, 0.1) is 12.1 Å². The van der Waals surface area contributed by atoms with Gasteiger partial charge in [0, 0.05) is 0 Å². The fourth-order valence-corrected chi connectivity index (χ4v) is 2.76. The maximum absolute atomic E-state index is 12.2. The van der Waals surface area contributed by atoms with Crippen LogP contribution in [0, 0.1) is 0 Å². The summed E-state index contributed by atoms with van der Waals surface area (Å²) in [7, 11) is 0. The van der Waals surface area contributed by atoms with E-state index in [9.17, 15) is 19.5 Å². The van der Waals surface area contributed by atoms with Crippen molar-refractivity contribution in [2.24, 2.45) is 5.73 Å². The Balaban J connectivity index is 4.81. The Morgan fingerprint density at radius 3 is 2.04 bits per heavy atom. The number of carboxylic acid groups (broad SMARTS) is 1. The topological polar surface area (TPSA) is 142 Å². The second-order valence-electron chi connectivity index (χ2n) is 5.30. The lowest BCUT2D eigenvalue weighted by molar-refractivity contribution is -0.143. The molecule has 2 amide bonds. The molecule has 6 N–H and O–H groups in total. The molecule has 8 nitrogen and oxygen atoms in total. The van der Waals surface area contributed by atoms with Gasteiger partial charge in [-0.15, -0.1) is 0 Å². The average molecular weight is 382 g/mol. The lowest BCUT2D eigenvalue weighted by Crippen LogP contribution is -2.58. The molecule has 4 unspecified atom stereocenters. The highest BCUT2D eigenvalue weighted by molar-refractivity contribution is 7.98. The predicted molar refractivity (Wildman–Crippen MR) is 97.2 cm³/mol. The average Bonchev–Trinajstić information content (AvgIpc) is 2.52. The van der Waals surface area contributed by atoms with E-state index in [4.69, 9.17) is 10.8 Å². The summed E-state index contributed by atoms with van der Waals surface area (Å²) in [4.78, 5) is 35.4. The lowest BCUT2D eigenvalue weighted by Gasteiger charge is -2.24. The molecule has 0 saturated heterocycles. The Morgan fingerprint density at radius 2 is 1.58 bits per heavy atom. The minimum absolute atomic E-state index is 0.246. The van der Waals surface area contributed by atoms with Gasteiger partial charge < -0.3 is 26.6 Å². The largest absolute Gasteiger partial charge is 0.480 e. The highest BCUT2D eigenvalue weighted by atomic mass is 32.2. The van der Waals surface area contributed by atoms with Crippen LogP contribution in [0.4, 0.5) is 0 Å². The third-order valence-electron chi connectivity index (χ3n) is 3.26. The fourth-order valence-electron chi connectivity index (χ4n) is 1.80. The zero-order valence-electron chi connectivity index (χ0n) is 14.2. The molecule has 0 radical (unpaired) electrons. The van der Waals surface area contributed by atoms with Gasteiger partial charge in [0.2, 0.25) is 11.8 Å².